The second kappa shape index (κ2) is 13.3. The predicted octanol–water partition coefficient (Wildman–Crippen LogP) is 8.39. The molecule has 25 heavy (non-hydrogen) atoms. The quantitative estimate of drug-likeness (QED) is 0.252. The normalized spacial score (nSPS) is 36.8. The molecule has 2 aliphatic rings. The summed E-state index contributed by atoms with van der Waals surface area (Å²) < 4.78 is 0. The first-order valence-electron chi connectivity index (χ1n) is 9.30. The summed E-state index contributed by atoms with van der Waals surface area (Å²) in [5.41, 5.74) is 2.18. The molecule has 0 aromatic heterocycles. The van der Waals surface area contributed by atoms with Crippen LogP contribution in [0.1, 0.15) is 66.7 Å². The molecule has 0 aromatic carbocycles. The van der Waals surface area contributed by atoms with Crippen molar-refractivity contribution in [1.82, 2.24) is 0 Å². The zero-order chi connectivity index (χ0) is 15.1. The van der Waals surface area contributed by atoms with Gasteiger partial charge in [0.15, 0.2) is 0 Å². The number of hydrogen-bond acceptors (Lipinski definition) is 0. The van der Waals surface area contributed by atoms with Gasteiger partial charge in [0, 0.05) is 0 Å². The van der Waals surface area contributed by atoms with Gasteiger partial charge >= 0.3 is 25.8 Å². The Labute approximate surface area is 183 Å². The summed E-state index contributed by atoms with van der Waals surface area (Å²) in [6.45, 7) is 18.0. The SMILES string of the molecule is CCCC1CCC([Si](C)(C)C2C(C)C(C)C(C)C2C)C1.[CH3-].[CH3-].[CH3-].[CH3-].[Hf+4]. The van der Waals surface area contributed by atoms with Crippen LogP contribution in [0.2, 0.25) is 24.2 Å². The molecule has 2 fully saturated rings. The molecule has 0 saturated heterocycles. The smallest absolute Gasteiger partial charge is 0.358 e. The standard InChI is InChI=1S/C19H38Si.4CH3.Hf/c1-8-9-17-10-11-18(12-17)20(6,7)19-15(4)13(2)14(3)16(19)5;;;;;/h13-19H,8-12H2,1-7H3;4*1H3;/q;4*-1;+4. The van der Waals surface area contributed by atoms with E-state index < -0.39 is 8.07 Å². The van der Waals surface area contributed by atoms with Gasteiger partial charge in [0.05, 0.1) is 8.07 Å². The maximum atomic E-state index is 2.74. The van der Waals surface area contributed by atoms with Gasteiger partial charge in [0.1, 0.15) is 0 Å². The predicted molar refractivity (Wildman–Crippen MR) is 120 cm³/mol. The van der Waals surface area contributed by atoms with E-state index in [-0.39, 0.29) is 55.5 Å². The molecular weight excluding hydrogens is 483 g/mol. The largest absolute Gasteiger partial charge is 4.00 e. The molecule has 2 rings (SSSR count). The minimum Gasteiger partial charge on any atom is -0.358 e. The van der Waals surface area contributed by atoms with Gasteiger partial charge in [-0.2, -0.15) is 0 Å². The average molecular weight is 533 g/mol. The van der Waals surface area contributed by atoms with Crippen molar-refractivity contribution in [3.05, 3.63) is 29.7 Å². The van der Waals surface area contributed by atoms with Crippen molar-refractivity contribution in [2.24, 2.45) is 29.6 Å². The van der Waals surface area contributed by atoms with E-state index >= 15 is 0 Å². The van der Waals surface area contributed by atoms with Crippen molar-refractivity contribution < 1.29 is 25.8 Å². The Morgan fingerprint density at radius 2 is 1.20 bits per heavy atom. The summed E-state index contributed by atoms with van der Waals surface area (Å²) in [4.78, 5) is 0. The summed E-state index contributed by atoms with van der Waals surface area (Å²) in [5.74, 6) is 4.88. The van der Waals surface area contributed by atoms with Crippen LogP contribution >= 0.6 is 0 Å². The number of rotatable bonds is 4. The van der Waals surface area contributed by atoms with Gasteiger partial charge < -0.3 is 29.7 Å². The first-order valence-corrected chi connectivity index (χ1v) is 12.5. The van der Waals surface area contributed by atoms with Gasteiger partial charge in [0.2, 0.25) is 0 Å². The van der Waals surface area contributed by atoms with Crippen molar-refractivity contribution in [1.29, 1.82) is 0 Å². The van der Waals surface area contributed by atoms with E-state index in [1.165, 1.54) is 19.3 Å². The van der Waals surface area contributed by atoms with Crippen LogP contribution in [0.3, 0.4) is 0 Å². The van der Waals surface area contributed by atoms with Crippen LogP contribution in [0.4, 0.5) is 0 Å². The summed E-state index contributed by atoms with van der Waals surface area (Å²) in [7, 11) is -1.12. The molecule has 0 aromatic rings. The minimum absolute atomic E-state index is 0. The molecule has 0 aliphatic heterocycles. The first-order chi connectivity index (χ1) is 9.30. The van der Waals surface area contributed by atoms with Crippen molar-refractivity contribution in [2.75, 3.05) is 0 Å². The zero-order valence-corrected chi connectivity index (χ0v) is 24.2. The van der Waals surface area contributed by atoms with E-state index in [2.05, 4.69) is 47.7 Å². The van der Waals surface area contributed by atoms with Crippen molar-refractivity contribution in [3.8, 4) is 0 Å². The first kappa shape index (κ1) is 33.7. The third kappa shape index (κ3) is 6.58. The van der Waals surface area contributed by atoms with E-state index in [1.54, 1.807) is 12.8 Å². The maximum absolute atomic E-state index is 2.74. The molecule has 0 bridgehead atoms. The van der Waals surface area contributed by atoms with Gasteiger partial charge in [0.25, 0.3) is 0 Å². The van der Waals surface area contributed by atoms with Crippen LogP contribution in [0, 0.1) is 59.3 Å². The van der Waals surface area contributed by atoms with Gasteiger partial charge in [-0.05, 0) is 47.1 Å². The van der Waals surface area contributed by atoms with Crippen LogP contribution in [0.15, 0.2) is 0 Å². The molecule has 0 nitrogen and oxygen atoms in total. The van der Waals surface area contributed by atoms with E-state index in [0.29, 0.717) is 0 Å². The minimum atomic E-state index is -1.12. The van der Waals surface area contributed by atoms with Crippen molar-refractivity contribution in [3.63, 3.8) is 0 Å². The van der Waals surface area contributed by atoms with Crippen molar-refractivity contribution >= 4 is 8.07 Å². The Morgan fingerprint density at radius 3 is 1.60 bits per heavy atom. The second-order valence-electron chi connectivity index (χ2n) is 8.95. The molecule has 2 saturated carbocycles. The topological polar surface area (TPSA) is 0 Å². The van der Waals surface area contributed by atoms with E-state index in [1.807, 2.05) is 0 Å². The summed E-state index contributed by atoms with van der Waals surface area (Å²) in [5, 5.41) is 0. The Kier molecular flexibility index (Phi) is 17.9. The molecule has 0 N–H and O–H groups in total. The Bertz CT molecular complexity index is 314. The van der Waals surface area contributed by atoms with E-state index in [9.17, 15) is 0 Å². The molecule has 0 heterocycles. The molecule has 0 spiro atoms. The fourth-order valence-electron chi connectivity index (χ4n) is 6.14. The molecule has 0 radical (unpaired) electrons. The molecular formula is C23H50HfSi. The molecule has 6 unspecified atom stereocenters. The van der Waals surface area contributed by atoms with Gasteiger partial charge in [-0.1, -0.05) is 73.4 Å². The summed E-state index contributed by atoms with van der Waals surface area (Å²) in [6, 6.07) is 0. The van der Waals surface area contributed by atoms with Crippen LogP contribution < -0.4 is 0 Å². The molecule has 6 atom stereocenters. The molecule has 0 amide bonds. The third-order valence-corrected chi connectivity index (χ3v) is 13.2. The van der Waals surface area contributed by atoms with Crippen LogP contribution in [0.5, 0.6) is 0 Å². The summed E-state index contributed by atoms with van der Waals surface area (Å²) in [6.07, 6.45) is 7.55. The van der Waals surface area contributed by atoms with Gasteiger partial charge in [-0.15, -0.1) is 0 Å². The second-order valence-corrected chi connectivity index (χ2v) is 14.1. The van der Waals surface area contributed by atoms with Crippen LogP contribution in [-0.4, -0.2) is 8.07 Å². The Hall–Kier alpha value is 1.09. The fourth-order valence-corrected chi connectivity index (χ4v) is 11.9. The Morgan fingerprint density at radius 1 is 0.760 bits per heavy atom. The van der Waals surface area contributed by atoms with Crippen LogP contribution in [-0.2, 0) is 25.8 Å². The van der Waals surface area contributed by atoms with E-state index in [4.69, 9.17) is 0 Å². The molecule has 150 valence electrons. The third-order valence-electron chi connectivity index (χ3n) is 7.77. The number of hydrogen-bond donors (Lipinski definition) is 0. The summed E-state index contributed by atoms with van der Waals surface area (Å²) >= 11 is 0. The fraction of sp³-hybridized carbons (Fsp3) is 0.826. The van der Waals surface area contributed by atoms with Crippen molar-refractivity contribution in [2.45, 2.75) is 90.9 Å². The average Bonchev–Trinajstić information content (AvgIpc) is 2.92. The van der Waals surface area contributed by atoms with Gasteiger partial charge in [-0.3, -0.25) is 0 Å². The van der Waals surface area contributed by atoms with Gasteiger partial charge in [-0.25, -0.2) is 0 Å². The Balaban J connectivity index is -0.000000441. The van der Waals surface area contributed by atoms with E-state index in [0.717, 1.165) is 40.7 Å². The zero-order valence-electron chi connectivity index (χ0n) is 19.6. The monoisotopic (exact) mass is 534 g/mol. The molecule has 2 heteroatoms. The maximum Gasteiger partial charge on any atom is 4.00 e. The van der Waals surface area contributed by atoms with Crippen LogP contribution in [0.25, 0.3) is 0 Å². The molecule has 2 aliphatic carbocycles.